The Morgan fingerprint density at radius 2 is 1.96 bits per heavy atom. The zero-order valence-corrected chi connectivity index (χ0v) is 15.0. The summed E-state index contributed by atoms with van der Waals surface area (Å²) in [5.74, 6) is -0.0108. The van der Waals surface area contributed by atoms with Gasteiger partial charge in [0.15, 0.2) is 0 Å². The van der Waals surface area contributed by atoms with Crippen LogP contribution < -0.4 is 4.74 Å². The van der Waals surface area contributed by atoms with Crippen molar-refractivity contribution in [1.82, 2.24) is 9.78 Å². The minimum absolute atomic E-state index is 0.388. The van der Waals surface area contributed by atoms with Crippen molar-refractivity contribution >= 4 is 17.6 Å². The van der Waals surface area contributed by atoms with Crippen molar-refractivity contribution in [3.05, 3.63) is 76.4 Å². The second-order valence-corrected chi connectivity index (χ2v) is 6.26. The van der Waals surface area contributed by atoms with Crippen molar-refractivity contribution < 1.29 is 9.53 Å². The van der Waals surface area contributed by atoms with Gasteiger partial charge in [0.05, 0.1) is 16.9 Å². The maximum atomic E-state index is 12.6. The van der Waals surface area contributed by atoms with Crippen LogP contribution >= 0.6 is 11.6 Å². The number of hydrogen-bond donors (Lipinski definition) is 0. The zero-order valence-electron chi connectivity index (χ0n) is 14.2. The molecule has 0 aliphatic heterocycles. The summed E-state index contributed by atoms with van der Waals surface area (Å²) in [6.45, 7) is 3.96. The van der Waals surface area contributed by atoms with Crippen LogP contribution in [0, 0.1) is 6.92 Å². The summed E-state index contributed by atoms with van der Waals surface area (Å²) in [6.07, 6.45) is 1.76. The first-order valence-corrected chi connectivity index (χ1v) is 8.59. The standard InChI is InChI=1S/C20H19ClN2O2/c1-3-7-16-13-19(23(22-16)17-10-6-9-15(21)12-17)25-20(24)18-11-5-4-8-14(18)2/h4-6,8-13H,3,7H2,1-2H3. The van der Waals surface area contributed by atoms with Gasteiger partial charge in [-0.1, -0.05) is 49.2 Å². The molecule has 0 fully saturated rings. The molecular formula is C20H19ClN2O2. The van der Waals surface area contributed by atoms with Gasteiger partial charge in [0, 0.05) is 11.1 Å². The summed E-state index contributed by atoms with van der Waals surface area (Å²) in [5.41, 5.74) is 3.03. The molecule has 0 spiro atoms. The Hall–Kier alpha value is -2.59. The number of hydrogen-bond acceptors (Lipinski definition) is 3. The molecule has 3 rings (SSSR count). The summed E-state index contributed by atoms with van der Waals surface area (Å²) in [6, 6.07) is 16.4. The number of rotatable bonds is 5. The maximum absolute atomic E-state index is 12.6. The number of benzene rings is 2. The lowest BCUT2D eigenvalue weighted by Crippen LogP contribution is -2.13. The lowest BCUT2D eigenvalue weighted by Gasteiger charge is -2.09. The van der Waals surface area contributed by atoms with Gasteiger partial charge < -0.3 is 4.74 Å². The molecule has 25 heavy (non-hydrogen) atoms. The van der Waals surface area contributed by atoms with E-state index in [0.29, 0.717) is 16.5 Å². The number of nitrogens with zero attached hydrogens (tertiary/aromatic N) is 2. The third-order valence-corrected chi connectivity index (χ3v) is 4.08. The van der Waals surface area contributed by atoms with Crippen LogP contribution in [0.4, 0.5) is 0 Å². The highest BCUT2D eigenvalue weighted by Gasteiger charge is 2.17. The minimum atomic E-state index is -0.399. The van der Waals surface area contributed by atoms with E-state index < -0.39 is 5.97 Å². The quantitative estimate of drug-likeness (QED) is 0.605. The van der Waals surface area contributed by atoms with Crippen LogP contribution in [0.15, 0.2) is 54.6 Å². The van der Waals surface area contributed by atoms with Gasteiger partial charge in [-0.15, -0.1) is 0 Å². The molecule has 0 radical (unpaired) electrons. The summed E-state index contributed by atoms with van der Waals surface area (Å²) in [4.78, 5) is 12.6. The summed E-state index contributed by atoms with van der Waals surface area (Å²) in [7, 11) is 0. The van der Waals surface area contributed by atoms with Gasteiger partial charge in [-0.05, 0) is 43.2 Å². The number of aromatic nitrogens is 2. The summed E-state index contributed by atoms with van der Waals surface area (Å²) < 4.78 is 7.27. The molecule has 0 unspecified atom stereocenters. The van der Waals surface area contributed by atoms with E-state index in [4.69, 9.17) is 16.3 Å². The zero-order chi connectivity index (χ0) is 17.8. The highest BCUT2D eigenvalue weighted by atomic mass is 35.5. The van der Waals surface area contributed by atoms with E-state index in [-0.39, 0.29) is 0 Å². The Bertz CT molecular complexity index is 902. The van der Waals surface area contributed by atoms with Gasteiger partial charge in [-0.3, -0.25) is 0 Å². The lowest BCUT2D eigenvalue weighted by molar-refractivity contribution is 0.0722. The highest BCUT2D eigenvalue weighted by Crippen LogP contribution is 2.24. The van der Waals surface area contributed by atoms with E-state index in [0.717, 1.165) is 29.8 Å². The average molecular weight is 355 g/mol. The molecule has 128 valence electrons. The topological polar surface area (TPSA) is 44.1 Å². The fourth-order valence-electron chi connectivity index (χ4n) is 2.61. The Kier molecular flexibility index (Phi) is 5.19. The van der Waals surface area contributed by atoms with Crippen LogP contribution in [-0.4, -0.2) is 15.7 Å². The number of esters is 1. The number of halogens is 1. The first-order valence-electron chi connectivity index (χ1n) is 8.21. The molecule has 0 bridgehead atoms. The van der Waals surface area contributed by atoms with Gasteiger partial charge in [0.1, 0.15) is 0 Å². The van der Waals surface area contributed by atoms with Crippen molar-refractivity contribution in [2.45, 2.75) is 26.7 Å². The molecule has 0 N–H and O–H groups in total. The van der Waals surface area contributed by atoms with E-state index in [1.807, 2.05) is 37.3 Å². The van der Waals surface area contributed by atoms with Crippen LogP contribution in [0.5, 0.6) is 5.88 Å². The van der Waals surface area contributed by atoms with Crippen LogP contribution in [0.1, 0.15) is 35.0 Å². The second kappa shape index (κ2) is 7.53. The Labute approximate surface area is 152 Å². The third kappa shape index (κ3) is 3.91. The Balaban J connectivity index is 1.97. The first-order chi connectivity index (χ1) is 12.1. The summed E-state index contributed by atoms with van der Waals surface area (Å²) in [5, 5.41) is 5.16. The molecule has 1 aromatic heterocycles. The van der Waals surface area contributed by atoms with Crippen LogP contribution in [0.25, 0.3) is 5.69 Å². The largest absolute Gasteiger partial charge is 0.404 e. The van der Waals surface area contributed by atoms with Crippen molar-refractivity contribution in [1.29, 1.82) is 0 Å². The molecule has 0 aliphatic carbocycles. The highest BCUT2D eigenvalue weighted by molar-refractivity contribution is 6.30. The third-order valence-electron chi connectivity index (χ3n) is 3.85. The van der Waals surface area contributed by atoms with Crippen LogP contribution in [0.2, 0.25) is 5.02 Å². The molecular weight excluding hydrogens is 336 g/mol. The molecule has 3 aromatic rings. The molecule has 2 aromatic carbocycles. The SMILES string of the molecule is CCCc1cc(OC(=O)c2ccccc2C)n(-c2cccc(Cl)c2)n1. The van der Waals surface area contributed by atoms with E-state index in [1.165, 1.54) is 0 Å². The molecule has 0 saturated heterocycles. The van der Waals surface area contributed by atoms with Crippen molar-refractivity contribution in [3.63, 3.8) is 0 Å². The lowest BCUT2D eigenvalue weighted by atomic mass is 10.1. The molecule has 0 atom stereocenters. The van der Waals surface area contributed by atoms with Crippen molar-refractivity contribution in [2.75, 3.05) is 0 Å². The van der Waals surface area contributed by atoms with Crippen LogP contribution in [0.3, 0.4) is 0 Å². The molecule has 1 heterocycles. The molecule has 0 aliphatic rings. The molecule has 5 heteroatoms. The molecule has 0 amide bonds. The van der Waals surface area contributed by atoms with Gasteiger partial charge >= 0.3 is 5.97 Å². The normalized spacial score (nSPS) is 10.7. The first kappa shape index (κ1) is 17.2. The van der Waals surface area contributed by atoms with Crippen molar-refractivity contribution in [3.8, 4) is 11.6 Å². The summed E-state index contributed by atoms with van der Waals surface area (Å²) >= 11 is 6.09. The number of ether oxygens (including phenoxy) is 1. The van der Waals surface area contributed by atoms with Gasteiger partial charge in [0.2, 0.25) is 5.88 Å². The Morgan fingerprint density at radius 1 is 1.16 bits per heavy atom. The fourth-order valence-corrected chi connectivity index (χ4v) is 2.79. The van der Waals surface area contributed by atoms with Gasteiger partial charge in [-0.2, -0.15) is 5.10 Å². The second-order valence-electron chi connectivity index (χ2n) is 5.82. The van der Waals surface area contributed by atoms with E-state index >= 15 is 0 Å². The average Bonchev–Trinajstić information content (AvgIpc) is 2.98. The van der Waals surface area contributed by atoms with Crippen LogP contribution in [-0.2, 0) is 6.42 Å². The predicted molar refractivity (Wildman–Crippen MR) is 98.7 cm³/mol. The van der Waals surface area contributed by atoms with E-state index in [9.17, 15) is 4.79 Å². The molecule has 4 nitrogen and oxygen atoms in total. The predicted octanol–water partition coefficient (Wildman–Crippen LogP) is 5.01. The monoisotopic (exact) mass is 354 g/mol. The minimum Gasteiger partial charge on any atom is -0.404 e. The maximum Gasteiger partial charge on any atom is 0.345 e. The number of aryl methyl sites for hydroxylation is 2. The molecule has 0 saturated carbocycles. The Morgan fingerprint density at radius 3 is 2.68 bits per heavy atom. The van der Waals surface area contributed by atoms with Gasteiger partial charge in [-0.25, -0.2) is 9.48 Å². The number of carbonyl (C=O) groups excluding carboxylic acids is 1. The van der Waals surface area contributed by atoms with Crippen molar-refractivity contribution in [2.24, 2.45) is 0 Å². The van der Waals surface area contributed by atoms with E-state index in [1.54, 1.807) is 28.9 Å². The number of carbonyl (C=O) groups is 1. The fraction of sp³-hybridized carbons (Fsp3) is 0.200. The van der Waals surface area contributed by atoms with E-state index in [2.05, 4.69) is 12.0 Å². The smallest absolute Gasteiger partial charge is 0.345 e. The van der Waals surface area contributed by atoms with Gasteiger partial charge in [0.25, 0.3) is 0 Å².